The van der Waals surface area contributed by atoms with E-state index in [1.807, 2.05) is 13.8 Å². The van der Waals surface area contributed by atoms with Gasteiger partial charge in [-0.05, 0) is 31.4 Å². The largest absolute Gasteiger partial charge is 0.425 e. The van der Waals surface area contributed by atoms with Gasteiger partial charge in [0.25, 0.3) is 0 Å². The third-order valence-electron chi connectivity index (χ3n) is 3.21. The van der Waals surface area contributed by atoms with Gasteiger partial charge in [0.05, 0.1) is 6.04 Å². The monoisotopic (exact) mass is 320 g/mol. The minimum atomic E-state index is -0.994. The fourth-order valence-electron chi connectivity index (χ4n) is 2.17. The maximum atomic E-state index is 12.5. The number of rotatable bonds is 6. The van der Waals surface area contributed by atoms with Gasteiger partial charge in [-0.3, -0.25) is 14.5 Å². The zero-order valence-electron chi connectivity index (χ0n) is 14.0. The Bertz CT molecular complexity index is 555. The number of hydrogen-bond donors (Lipinski definition) is 1. The van der Waals surface area contributed by atoms with Crippen molar-refractivity contribution in [2.75, 3.05) is 0 Å². The average molecular weight is 320 g/mol. The van der Waals surface area contributed by atoms with Gasteiger partial charge >= 0.3 is 5.97 Å². The molecule has 2 N–H and O–H groups in total. The molecule has 0 heterocycles. The first-order valence-electron chi connectivity index (χ1n) is 7.60. The SMILES string of the molecule is CC(=O)N(C(=O)[C@H](C)N)[C@@H](CC(C)C)C(=O)Oc1ccccc1. The summed E-state index contributed by atoms with van der Waals surface area (Å²) in [7, 11) is 0. The van der Waals surface area contributed by atoms with Gasteiger partial charge in [-0.1, -0.05) is 32.0 Å². The maximum Gasteiger partial charge on any atom is 0.334 e. The van der Waals surface area contributed by atoms with E-state index in [0.717, 1.165) is 4.90 Å². The number of amides is 2. The summed E-state index contributed by atoms with van der Waals surface area (Å²) in [6, 6.07) is 6.66. The van der Waals surface area contributed by atoms with Gasteiger partial charge in [0.1, 0.15) is 11.8 Å². The molecule has 6 heteroatoms. The fourth-order valence-corrected chi connectivity index (χ4v) is 2.17. The van der Waals surface area contributed by atoms with E-state index in [2.05, 4.69) is 0 Å². The van der Waals surface area contributed by atoms with Crippen molar-refractivity contribution in [3.8, 4) is 5.75 Å². The van der Waals surface area contributed by atoms with Crippen molar-refractivity contribution in [3.05, 3.63) is 30.3 Å². The van der Waals surface area contributed by atoms with Crippen LogP contribution >= 0.6 is 0 Å². The molecule has 0 saturated heterocycles. The number of carbonyl (C=O) groups excluding carboxylic acids is 3. The van der Waals surface area contributed by atoms with Crippen LogP contribution in [0.2, 0.25) is 0 Å². The Morgan fingerprint density at radius 1 is 1.13 bits per heavy atom. The molecule has 0 aliphatic rings. The molecule has 0 radical (unpaired) electrons. The lowest BCUT2D eigenvalue weighted by molar-refractivity contribution is -0.157. The molecule has 1 rings (SSSR count). The normalized spacial score (nSPS) is 13.3. The number of imide groups is 1. The second kappa shape index (κ2) is 8.43. The Hall–Kier alpha value is -2.21. The van der Waals surface area contributed by atoms with Gasteiger partial charge in [-0.15, -0.1) is 0 Å². The number of carbonyl (C=O) groups is 3. The van der Waals surface area contributed by atoms with E-state index < -0.39 is 29.9 Å². The molecule has 0 saturated carbocycles. The first-order chi connectivity index (χ1) is 10.7. The summed E-state index contributed by atoms with van der Waals surface area (Å²) in [5.41, 5.74) is 5.60. The summed E-state index contributed by atoms with van der Waals surface area (Å²) >= 11 is 0. The summed E-state index contributed by atoms with van der Waals surface area (Å²) in [5.74, 6) is -1.31. The quantitative estimate of drug-likeness (QED) is 0.637. The van der Waals surface area contributed by atoms with Crippen molar-refractivity contribution in [2.24, 2.45) is 11.7 Å². The van der Waals surface area contributed by atoms with Gasteiger partial charge in [0.15, 0.2) is 0 Å². The molecule has 1 aromatic carbocycles. The van der Waals surface area contributed by atoms with E-state index in [-0.39, 0.29) is 5.92 Å². The van der Waals surface area contributed by atoms with Gasteiger partial charge in [-0.25, -0.2) is 4.79 Å². The highest BCUT2D eigenvalue weighted by atomic mass is 16.5. The minimum absolute atomic E-state index is 0.0889. The van der Waals surface area contributed by atoms with Gasteiger partial charge < -0.3 is 10.5 Å². The minimum Gasteiger partial charge on any atom is -0.425 e. The van der Waals surface area contributed by atoms with Crippen LogP contribution in [0.4, 0.5) is 0 Å². The van der Waals surface area contributed by atoms with Crippen LogP contribution in [0.25, 0.3) is 0 Å². The van der Waals surface area contributed by atoms with E-state index in [4.69, 9.17) is 10.5 Å². The molecule has 23 heavy (non-hydrogen) atoms. The van der Waals surface area contributed by atoms with E-state index in [9.17, 15) is 14.4 Å². The molecule has 0 unspecified atom stereocenters. The van der Waals surface area contributed by atoms with E-state index >= 15 is 0 Å². The van der Waals surface area contributed by atoms with Gasteiger partial charge in [0.2, 0.25) is 11.8 Å². The zero-order valence-corrected chi connectivity index (χ0v) is 14.0. The highest BCUT2D eigenvalue weighted by Gasteiger charge is 2.36. The van der Waals surface area contributed by atoms with Crippen LogP contribution in [0.1, 0.15) is 34.1 Å². The Kier molecular flexibility index (Phi) is 6.90. The number of ether oxygens (including phenoxy) is 1. The summed E-state index contributed by atoms with van der Waals surface area (Å²) in [5, 5.41) is 0. The topological polar surface area (TPSA) is 89.7 Å². The summed E-state index contributed by atoms with van der Waals surface area (Å²) in [6.45, 7) is 6.52. The number of hydrogen-bond acceptors (Lipinski definition) is 5. The Labute approximate surface area is 136 Å². The summed E-state index contributed by atoms with van der Waals surface area (Å²) in [6.07, 6.45) is 0.309. The molecule has 2 atom stereocenters. The lowest BCUT2D eigenvalue weighted by Gasteiger charge is -2.29. The number of para-hydroxylation sites is 1. The molecular formula is C17H24N2O4. The fraction of sp³-hybridized carbons (Fsp3) is 0.471. The Morgan fingerprint density at radius 2 is 1.70 bits per heavy atom. The Balaban J connectivity index is 3.07. The van der Waals surface area contributed by atoms with E-state index in [1.54, 1.807) is 30.3 Å². The van der Waals surface area contributed by atoms with Crippen LogP contribution in [0, 0.1) is 5.92 Å². The lowest BCUT2D eigenvalue weighted by Crippen LogP contribution is -2.54. The van der Waals surface area contributed by atoms with Crippen molar-refractivity contribution in [1.82, 2.24) is 4.90 Å². The summed E-state index contributed by atoms with van der Waals surface area (Å²) in [4.78, 5) is 37.6. The molecule has 0 spiro atoms. The standard InChI is InChI=1S/C17H24N2O4/c1-11(2)10-15(19(13(4)20)16(21)12(3)18)17(22)23-14-8-6-5-7-9-14/h5-9,11-12,15H,10,18H2,1-4H3/t12-,15-/m0/s1. The molecule has 0 aliphatic heterocycles. The Morgan fingerprint density at radius 3 is 2.13 bits per heavy atom. The molecule has 2 amide bonds. The van der Waals surface area contributed by atoms with E-state index in [1.165, 1.54) is 13.8 Å². The number of nitrogens with zero attached hydrogens (tertiary/aromatic N) is 1. The van der Waals surface area contributed by atoms with Crippen LogP contribution < -0.4 is 10.5 Å². The third kappa shape index (κ3) is 5.49. The second-order valence-electron chi connectivity index (χ2n) is 5.90. The lowest BCUT2D eigenvalue weighted by atomic mass is 10.0. The third-order valence-corrected chi connectivity index (χ3v) is 3.21. The highest BCUT2D eigenvalue weighted by molar-refractivity contribution is 6.00. The maximum absolute atomic E-state index is 12.5. The van der Waals surface area contributed by atoms with Crippen LogP contribution in [-0.4, -0.2) is 34.8 Å². The highest BCUT2D eigenvalue weighted by Crippen LogP contribution is 2.17. The van der Waals surface area contributed by atoms with Crippen molar-refractivity contribution < 1.29 is 19.1 Å². The van der Waals surface area contributed by atoms with Gasteiger partial charge in [-0.2, -0.15) is 0 Å². The summed E-state index contributed by atoms with van der Waals surface area (Å²) < 4.78 is 5.31. The number of esters is 1. The smallest absolute Gasteiger partial charge is 0.334 e. The molecule has 126 valence electrons. The van der Waals surface area contributed by atoms with Crippen LogP contribution in [0.15, 0.2) is 30.3 Å². The molecule has 0 aliphatic carbocycles. The van der Waals surface area contributed by atoms with Crippen molar-refractivity contribution in [2.45, 2.75) is 46.2 Å². The predicted octanol–water partition coefficient (Wildman–Crippen LogP) is 1.73. The van der Waals surface area contributed by atoms with Crippen LogP contribution in [0.5, 0.6) is 5.75 Å². The molecule has 0 bridgehead atoms. The van der Waals surface area contributed by atoms with E-state index in [0.29, 0.717) is 12.2 Å². The molecule has 0 aromatic heterocycles. The molecule has 6 nitrogen and oxygen atoms in total. The van der Waals surface area contributed by atoms with Crippen molar-refractivity contribution in [3.63, 3.8) is 0 Å². The molecular weight excluding hydrogens is 296 g/mol. The number of benzene rings is 1. The van der Waals surface area contributed by atoms with Crippen LogP contribution in [-0.2, 0) is 14.4 Å². The van der Waals surface area contributed by atoms with Crippen molar-refractivity contribution in [1.29, 1.82) is 0 Å². The molecule has 1 aromatic rings. The van der Waals surface area contributed by atoms with Crippen molar-refractivity contribution >= 4 is 17.8 Å². The second-order valence-corrected chi connectivity index (χ2v) is 5.90. The number of nitrogens with two attached hydrogens (primary N) is 1. The predicted molar refractivity (Wildman–Crippen MR) is 86.5 cm³/mol. The zero-order chi connectivity index (χ0) is 17.6. The first kappa shape index (κ1) is 18.8. The van der Waals surface area contributed by atoms with Crippen LogP contribution in [0.3, 0.4) is 0 Å². The first-order valence-corrected chi connectivity index (χ1v) is 7.60. The average Bonchev–Trinajstić information content (AvgIpc) is 2.46. The molecule has 0 fully saturated rings. The van der Waals surface area contributed by atoms with Gasteiger partial charge in [0, 0.05) is 6.92 Å².